The number of methoxy groups -OCH3 is 3. The SMILES string of the molecule is COC(=O)C1=C(C(=O)OC)N(c2cccc(CCC3CCc4cccc(OC)c4N3)c2)COC1. The number of esters is 2. The van der Waals surface area contributed by atoms with E-state index in [0.717, 1.165) is 48.4 Å². The summed E-state index contributed by atoms with van der Waals surface area (Å²) in [5, 5.41) is 3.64. The first kappa shape index (κ1) is 23.6. The zero-order valence-corrected chi connectivity index (χ0v) is 19.8. The molecule has 2 aromatic rings. The molecule has 0 fully saturated rings. The lowest BCUT2D eigenvalue weighted by Gasteiger charge is -2.31. The van der Waals surface area contributed by atoms with Gasteiger partial charge >= 0.3 is 11.9 Å². The third kappa shape index (κ3) is 4.87. The quantitative estimate of drug-likeness (QED) is 0.621. The van der Waals surface area contributed by atoms with Crippen LogP contribution in [0.2, 0.25) is 0 Å². The molecule has 4 rings (SSSR count). The highest BCUT2D eigenvalue weighted by atomic mass is 16.5. The van der Waals surface area contributed by atoms with E-state index in [9.17, 15) is 9.59 Å². The lowest BCUT2D eigenvalue weighted by molar-refractivity contribution is -0.140. The number of hydrogen-bond acceptors (Lipinski definition) is 8. The van der Waals surface area contributed by atoms with Crippen LogP contribution in [0.5, 0.6) is 5.75 Å². The Morgan fingerprint density at radius 3 is 2.65 bits per heavy atom. The maximum Gasteiger partial charge on any atom is 0.355 e. The van der Waals surface area contributed by atoms with Crippen molar-refractivity contribution in [2.45, 2.75) is 31.7 Å². The zero-order chi connectivity index (χ0) is 24.1. The Hall–Kier alpha value is -3.52. The lowest BCUT2D eigenvalue weighted by atomic mass is 9.93. The van der Waals surface area contributed by atoms with E-state index in [1.165, 1.54) is 19.8 Å². The van der Waals surface area contributed by atoms with Crippen LogP contribution in [0.25, 0.3) is 0 Å². The summed E-state index contributed by atoms with van der Waals surface area (Å²) in [6, 6.07) is 14.4. The number of nitrogens with one attached hydrogen (secondary N) is 1. The van der Waals surface area contributed by atoms with Crippen molar-refractivity contribution in [3.05, 3.63) is 64.9 Å². The summed E-state index contributed by atoms with van der Waals surface area (Å²) < 4.78 is 20.9. The van der Waals surface area contributed by atoms with Crippen LogP contribution in [-0.4, -0.2) is 52.6 Å². The van der Waals surface area contributed by atoms with Gasteiger partial charge in [-0.05, 0) is 55.0 Å². The molecule has 8 nitrogen and oxygen atoms in total. The summed E-state index contributed by atoms with van der Waals surface area (Å²) in [7, 11) is 4.26. The molecule has 0 saturated carbocycles. The number of anilines is 2. The van der Waals surface area contributed by atoms with Crippen LogP contribution < -0.4 is 15.0 Å². The van der Waals surface area contributed by atoms with Gasteiger partial charge in [0, 0.05) is 11.7 Å². The topological polar surface area (TPSA) is 86.3 Å². The molecule has 0 spiro atoms. The molecule has 2 aliphatic heterocycles. The number of aryl methyl sites for hydroxylation is 2. The number of benzene rings is 2. The van der Waals surface area contributed by atoms with E-state index in [4.69, 9.17) is 18.9 Å². The second kappa shape index (κ2) is 10.6. The second-order valence-corrected chi connectivity index (χ2v) is 8.30. The van der Waals surface area contributed by atoms with Gasteiger partial charge in [0.2, 0.25) is 0 Å². The minimum Gasteiger partial charge on any atom is -0.495 e. The first-order chi connectivity index (χ1) is 16.5. The Labute approximate surface area is 199 Å². The maximum absolute atomic E-state index is 12.5. The van der Waals surface area contributed by atoms with Crippen molar-refractivity contribution in [3.63, 3.8) is 0 Å². The van der Waals surface area contributed by atoms with E-state index in [0.29, 0.717) is 6.04 Å². The molecule has 1 N–H and O–H groups in total. The van der Waals surface area contributed by atoms with Gasteiger partial charge in [-0.1, -0.05) is 24.3 Å². The number of hydrogen-bond donors (Lipinski definition) is 1. The van der Waals surface area contributed by atoms with Crippen molar-refractivity contribution in [3.8, 4) is 5.75 Å². The van der Waals surface area contributed by atoms with Gasteiger partial charge in [-0.25, -0.2) is 9.59 Å². The van der Waals surface area contributed by atoms with Crippen LogP contribution in [-0.2, 0) is 36.6 Å². The monoisotopic (exact) mass is 466 g/mol. The van der Waals surface area contributed by atoms with Crippen LogP contribution >= 0.6 is 0 Å². The third-order valence-corrected chi connectivity index (χ3v) is 6.28. The fraction of sp³-hybridized carbons (Fsp3) is 0.385. The van der Waals surface area contributed by atoms with Crippen molar-refractivity contribution >= 4 is 23.3 Å². The number of para-hydroxylation sites is 1. The van der Waals surface area contributed by atoms with Crippen LogP contribution in [0.4, 0.5) is 11.4 Å². The molecule has 34 heavy (non-hydrogen) atoms. The Balaban J connectivity index is 1.51. The summed E-state index contributed by atoms with van der Waals surface area (Å²) >= 11 is 0. The van der Waals surface area contributed by atoms with Crippen molar-refractivity contribution in [2.75, 3.05) is 44.9 Å². The van der Waals surface area contributed by atoms with Crippen molar-refractivity contribution in [2.24, 2.45) is 0 Å². The van der Waals surface area contributed by atoms with Crippen LogP contribution in [0.15, 0.2) is 53.7 Å². The minimum atomic E-state index is -0.611. The Morgan fingerprint density at radius 2 is 1.88 bits per heavy atom. The molecule has 8 heteroatoms. The number of carbonyl (C=O) groups excluding carboxylic acids is 2. The first-order valence-electron chi connectivity index (χ1n) is 11.3. The largest absolute Gasteiger partial charge is 0.495 e. The Bertz CT molecular complexity index is 1080. The van der Waals surface area contributed by atoms with Gasteiger partial charge in [0.25, 0.3) is 0 Å². The molecule has 0 aromatic heterocycles. The molecule has 1 atom stereocenters. The molecule has 0 aliphatic carbocycles. The normalized spacial score (nSPS) is 17.5. The summed E-state index contributed by atoms with van der Waals surface area (Å²) in [6.07, 6.45) is 3.87. The first-order valence-corrected chi connectivity index (χ1v) is 11.3. The number of fused-ring (bicyclic) bond motifs is 1. The Morgan fingerprint density at radius 1 is 1.09 bits per heavy atom. The minimum absolute atomic E-state index is 0.00835. The van der Waals surface area contributed by atoms with Gasteiger partial charge < -0.3 is 29.2 Å². The highest BCUT2D eigenvalue weighted by Gasteiger charge is 2.32. The average Bonchev–Trinajstić information content (AvgIpc) is 2.90. The number of ether oxygens (including phenoxy) is 4. The summed E-state index contributed by atoms with van der Waals surface area (Å²) in [5.41, 5.74) is 4.54. The van der Waals surface area contributed by atoms with Gasteiger partial charge in [0.05, 0.1) is 39.2 Å². The van der Waals surface area contributed by atoms with Gasteiger partial charge in [0.1, 0.15) is 18.2 Å². The molecule has 180 valence electrons. The lowest BCUT2D eigenvalue weighted by Crippen LogP contribution is -2.38. The highest BCUT2D eigenvalue weighted by molar-refractivity contribution is 6.03. The van der Waals surface area contributed by atoms with E-state index < -0.39 is 11.9 Å². The van der Waals surface area contributed by atoms with Gasteiger partial charge in [-0.3, -0.25) is 0 Å². The molecule has 2 aliphatic rings. The van der Waals surface area contributed by atoms with E-state index in [1.54, 1.807) is 12.0 Å². The zero-order valence-electron chi connectivity index (χ0n) is 19.8. The summed E-state index contributed by atoms with van der Waals surface area (Å²) in [5.74, 6) is -0.341. The number of rotatable bonds is 7. The number of nitrogens with zero attached hydrogens (tertiary/aromatic N) is 1. The number of carbonyl (C=O) groups is 2. The summed E-state index contributed by atoms with van der Waals surface area (Å²) in [6.45, 7) is 0.126. The molecule has 0 bridgehead atoms. The van der Waals surface area contributed by atoms with Crippen molar-refractivity contribution in [1.29, 1.82) is 0 Å². The fourth-order valence-electron chi connectivity index (χ4n) is 4.51. The van der Waals surface area contributed by atoms with E-state index in [1.807, 2.05) is 30.3 Å². The van der Waals surface area contributed by atoms with E-state index in [-0.39, 0.29) is 24.6 Å². The predicted octanol–water partition coefficient (Wildman–Crippen LogP) is 3.45. The summed E-state index contributed by atoms with van der Waals surface area (Å²) in [4.78, 5) is 26.4. The van der Waals surface area contributed by atoms with Crippen LogP contribution in [0.1, 0.15) is 24.0 Å². The molecule has 1 unspecified atom stereocenters. The Kier molecular flexibility index (Phi) is 7.37. The molecule has 2 aromatic carbocycles. The van der Waals surface area contributed by atoms with E-state index in [2.05, 4.69) is 17.4 Å². The molecule has 0 saturated heterocycles. The molecular formula is C26H30N2O6. The second-order valence-electron chi connectivity index (χ2n) is 8.30. The highest BCUT2D eigenvalue weighted by Crippen LogP contribution is 2.35. The standard InChI is InChI=1S/C26H30N2O6/c1-31-22-9-5-7-18-11-13-19(27-23(18)22)12-10-17-6-4-8-20(14-17)28-16-34-15-21(25(29)32-2)24(28)26(30)33-3/h4-9,14,19,27H,10-13,15-16H2,1-3H3. The van der Waals surface area contributed by atoms with Crippen molar-refractivity contribution < 1.29 is 28.5 Å². The molecular weight excluding hydrogens is 436 g/mol. The molecule has 0 amide bonds. The van der Waals surface area contributed by atoms with Crippen LogP contribution in [0, 0.1) is 0 Å². The average molecular weight is 467 g/mol. The molecule has 0 radical (unpaired) electrons. The van der Waals surface area contributed by atoms with Gasteiger partial charge in [-0.2, -0.15) is 0 Å². The van der Waals surface area contributed by atoms with Crippen LogP contribution in [0.3, 0.4) is 0 Å². The maximum atomic E-state index is 12.5. The van der Waals surface area contributed by atoms with Gasteiger partial charge in [0.15, 0.2) is 0 Å². The predicted molar refractivity (Wildman–Crippen MR) is 128 cm³/mol. The third-order valence-electron chi connectivity index (χ3n) is 6.28. The molecule has 2 heterocycles. The van der Waals surface area contributed by atoms with E-state index >= 15 is 0 Å². The fourth-order valence-corrected chi connectivity index (χ4v) is 4.51. The van der Waals surface area contributed by atoms with Gasteiger partial charge in [-0.15, -0.1) is 0 Å². The smallest absolute Gasteiger partial charge is 0.355 e. The van der Waals surface area contributed by atoms with Crippen molar-refractivity contribution in [1.82, 2.24) is 0 Å².